The van der Waals surface area contributed by atoms with Gasteiger partial charge in [0.15, 0.2) is 0 Å². The number of phosphoric acid groups is 6. The van der Waals surface area contributed by atoms with Gasteiger partial charge < -0.3 is 29.4 Å². The topological polar surface area (TPSA) is 296 Å². The van der Waals surface area contributed by atoms with E-state index in [1.165, 1.54) is 0 Å². The molecule has 0 bridgehead atoms. The fourth-order valence-electron chi connectivity index (χ4n) is 0.824. The molecule has 2 fully saturated rings. The van der Waals surface area contributed by atoms with Crippen LogP contribution in [0.15, 0.2) is 0 Å². The van der Waals surface area contributed by atoms with Crippen molar-refractivity contribution in [3.63, 3.8) is 0 Å². The number of hydrogen-bond donors (Lipinski definition) is 0. The standard InChI is InChI=1S/2H3O9P3.3Zn/c2*1-10(2)7-11(3,4)9-12(5,6)8-10;;;/h2*(H,1,2)(H,3,4)(H,5,6);;;/q;;3*+2/p-6. The van der Waals surface area contributed by atoms with Gasteiger partial charge in [-0.3, -0.25) is 27.4 Å². The molecular weight excluding hydrogens is 670 g/mol. The maximum atomic E-state index is 10.2. The summed E-state index contributed by atoms with van der Waals surface area (Å²) >= 11 is 0. The molecule has 144 valence electrons. The van der Waals surface area contributed by atoms with Gasteiger partial charge in [-0.25, -0.2) is 25.9 Å². The van der Waals surface area contributed by atoms with Gasteiger partial charge in [-0.15, -0.1) is 0 Å². The van der Waals surface area contributed by atoms with Crippen molar-refractivity contribution in [3.05, 3.63) is 0 Å². The average Bonchev–Trinajstić information content (AvgIpc) is 1.97. The third-order valence-electron chi connectivity index (χ3n) is 1.20. The molecule has 0 aromatic heterocycles. The van der Waals surface area contributed by atoms with Crippen LogP contribution in [0, 0.1) is 0 Å². The Labute approximate surface area is 187 Å². The van der Waals surface area contributed by atoms with E-state index in [0.717, 1.165) is 0 Å². The van der Waals surface area contributed by atoms with Crippen LogP contribution in [-0.4, -0.2) is 0 Å². The molecule has 0 saturated carbocycles. The molecule has 0 radical (unpaired) electrons. The van der Waals surface area contributed by atoms with Crippen LogP contribution in [0.1, 0.15) is 0 Å². The van der Waals surface area contributed by atoms with E-state index in [-0.39, 0.29) is 58.4 Å². The summed E-state index contributed by atoms with van der Waals surface area (Å²) in [5.41, 5.74) is 0. The molecule has 18 nitrogen and oxygen atoms in total. The van der Waals surface area contributed by atoms with E-state index in [4.69, 9.17) is 0 Å². The Kier molecular flexibility index (Phi) is 14.1. The smallest absolute Gasteiger partial charge is 0.756 e. The normalized spacial score (nSPS) is 49.1. The van der Waals surface area contributed by atoms with Crippen LogP contribution < -0.4 is 29.4 Å². The Balaban J connectivity index is -0.000000384. The predicted molar refractivity (Wildman–Crippen MR) is 52.1 cm³/mol. The largest absolute Gasteiger partial charge is 2.00 e. The summed E-state index contributed by atoms with van der Waals surface area (Å²) in [4.78, 5) is 61.4. The molecule has 0 spiro atoms. The van der Waals surface area contributed by atoms with Crippen molar-refractivity contribution in [3.8, 4) is 0 Å². The zero-order valence-corrected chi connectivity index (χ0v) is 26.4. The van der Waals surface area contributed by atoms with Crippen LogP contribution in [0.4, 0.5) is 0 Å². The van der Waals surface area contributed by atoms with Gasteiger partial charge in [0.1, 0.15) is 0 Å². The van der Waals surface area contributed by atoms with Gasteiger partial charge in [-0.2, -0.15) is 0 Å². The Morgan fingerprint density at radius 3 is 0.481 bits per heavy atom. The van der Waals surface area contributed by atoms with Gasteiger partial charge in [-0.1, -0.05) is 0 Å². The second-order valence-corrected chi connectivity index (χ2v) is 12.5. The molecule has 0 aromatic rings. The van der Waals surface area contributed by atoms with E-state index in [1.807, 2.05) is 0 Å². The molecule has 0 N–H and O–H groups in total. The molecule has 27 heteroatoms. The SMILES string of the molecule is O=P1([O-])OP(=O)([O-])OP(=O)([O-])O1.O=P1([O-])OP(=O)([O-])OP(=O)([O-])O1.[Zn+2].[Zn+2].[Zn+2]. The minimum absolute atomic E-state index is 0. The maximum Gasteiger partial charge on any atom is 2.00 e. The minimum atomic E-state index is -5.36. The van der Waals surface area contributed by atoms with Crippen LogP contribution in [-0.2, 0) is 112 Å². The first-order valence-electron chi connectivity index (χ1n) is 4.38. The second kappa shape index (κ2) is 11.1. The molecule has 0 unspecified atom stereocenters. The molecule has 0 atom stereocenters. The van der Waals surface area contributed by atoms with Crippen LogP contribution in [0.2, 0.25) is 0 Å². The van der Waals surface area contributed by atoms with Crippen molar-refractivity contribution < 1.29 is 141 Å². The van der Waals surface area contributed by atoms with Crippen LogP contribution >= 0.6 is 46.9 Å². The molecule has 2 saturated heterocycles. The summed E-state index contributed by atoms with van der Waals surface area (Å²) in [6, 6.07) is 0. The molecule has 0 aromatic carbocycles. The Bertz CT molecular complexity index is 588. The van der Waals surface area contributed by atoms with E-state index in [2.05, 4.69) is 25.9 Å². The van der Waals surface area contributed by atoms with Crippen molar-refractivity contribution in [2.45, 2.75) is 0 Å². The third-order valence-corrected chi connectivity index (χ3v) is 10.8. The summed E-state index contributed by atoms with van der Waals surface area (Å²) in [6.45, 7) is 0. The summed E-state index contributed by atoms with van der Waals surface area (Å²) in [5, 5.41) is 0. The van der Waals surface area contributed by atoms with Gasteiger partial charge in [0.2, 0.25) is 0 Å². The maximum absolute atomic E-state index is 10.2. The summed E-state index contributed by atoms with van der Waals surface area (Å²) in [6.07, 6.45) is 0. The molecule has 2 aliphatic heterocycles. The number of hydrogen-bond acceptors (Lipinski definition) is 18. The van der Waals surface area contributed by atoms with Crippen LogP contribution in [0.25, 0.3) is 0 Å². The van der Waals surface area contributed by atoms with Gasteiger partial charge in [-0.05, 0) is 0 Å². The van der Waals surface area contributed by atoms with Gasteiger partial charge in [0.05, 0.1) is 0 Å². The fourth-order valence-corrected chi connectivity index (χ4v) is 9.03. The first-order valence-corrected chi connectivity index (χ1v) is 13.1. The number of rotatable bonds is 0. The third kappa shape index (κ3) is 13.7. The summed E-state index contributed by atoms with van der Waals surface area (Å²) < 4.78 is 80.5. The summed E-state index contributed by atoms with van der Waals surface area (Å²) in [7, 11) is -32.1. The van der Waals surface area contributed by atoms with Crippen molar-refractivity contribution in [1.82, 2.24) is 0 Å². The van der Waals surface area contributed by atoms with Crippen LogP contribution in [0.3, 0.4) is 0 Å². The Morgan fingerprint density at radius 1 is 0.333 bits per heavy atom. The van der Waals surface area contributed by atoms with E-state index >= 15 is 0 Å². The molecule has 0 aliphatic carbocycles. The predicted octanol–water partition coefficient (Wildman–Crippen LogP) is -3.10. The Morgan fingerprint density at radius 2 is 0.407 bits per heavy atom. The summed E-state index contributed by atoms with van der Waals surface area (Å²) in [5.74, 6) is 0. The minimum Gasteiger partial charge on any atom is -0.756 e. The quantitative estimate of drug-likeness (QED) is 0.182. The average molecular weight is 670 g/mol. The van der Waals surface area contributed by atoms with Crippen molar-refractivity contribution in [1.29, 1.82) is 0 Å². The van der Waals surface area contributed by atoms with Crippen molar-refractivity contribution in [2.24, 2.45) is 0 Å². The monoisotopic (exact) mass is 666 g/mol. The Hall–Kier alpha value is 2.77. The zero-order valence-electron chi connectivity index (χ0n) is 12.2. The molecular formula is O18P6Zn3. The first-order chi connectivity index (χ1) is 10.2. The molecule has 2 rings (SSSR count). The van der Waals surface area contributed by atoms with Gasteiger partial charge in [0.25, 0.3) is 46.9 Å². The van der Waals surface area contributed by atoms with Crippen molar-refractivity contribution >= 4 is 46.9 Å². The van der Waals surface area contributed by atoms with E-state index in [0.29, 0.717) is 0 Å². The van der Waals surface area contributed by atoms with Crippen molar-refractivity contribution in [2.75, 3.05) is 0 Å². The molecule has 27 heavy (non-hydrogen) atoms. The second-order valence-electron chi connectivity index (χ2n) is 3.17. The molecule has 2 heterocycles. The van der Waals surface area contributed by atoms with Gasteiger partial charge in [0, 0.05) is 0 Å². The molecule has 0 amide bonds. The van der Waals surface area contributed by atoms with Crippen LogP contribution in [0.5, 0.6) is 0 Å². The van der Waals surface area contributed by atoms with Gasteiger partial charge >= 0.3 is 58.4 Å². The molecule has 2 aliphatic rings. The zero-order chi connectivity index (χ0) is 19.2. The fraction of sp³-hybridized carbons (Fsp3) is 0. The van der Waals surface area contributed by atoms with E-state index < -0.39 is 46.9 Å². The van der Waals surface area contributed by atoms with E-state index in [1.54, 1.807) is 0 Å². The van der Waals surface area contributed by atoms with E-state index in [9.17, 15) is 56.8 Å². The first kappa shape index (κ1) is 34.4.